The van der Waals surface area contributed by atoms with Crippen molar-refractivity contribution in [2.45, 2.75) is 24.7 Å². The molecule has 10 aromatic carbocycles. The molecule has 0 saturated carbocycles. The minimum atomic E-state index is -0.566. The predicted molar refractivity (Wildman–Crippen MR) is 272 cm³/mol. The van der Waals surface area contributed by atoms with Crippen LogP contribution in [0.1, 0.15) is 47.2 Å². The van der Waals surface area contributed by atoms with Crippen LogP contribution in [0.3, 0.4) is 0 Å². The van der Waals surface area contributed by atoms with Crippen molar-refractivity contribution in [1.82, 2.24) is 0 Å². The molecule has 0 amide bonds. The van der Waals surface area contributed by atoms with E-state index >= 15 is 0 Å². The number of anilines is 3. The maximum atomic E-state index is 2.54. The second-order valence-corrected chi connectivity index (χ2v) is 18.0. The Kier molecular flexibility index (Phi) is 9.14. The largest absolute Gasteiger partial charge is 0.310 e. The first-order valence-corrected chi connectivity index (χ1v) is 22.8. The molecule has 0 bridgehead atoms. The molecule has 0 fully saturated rings. The summed E-state index contributed by atoms with van der Waals surface area (Å²) in [6.07, 6.45) is 0. The van der Waals surface area contributed by atoms with E-state index in [-0.39, 0.29) is 5.41 Å². The summed E-state index contributed by atoms with van der Waals surface area (Å²) in [6.45, 7) is 4.76. The van der Waals surface area contributed by atoms with E-state index < -0.39 is 5.41 Å². The van der Waals surface area contributed by atoms with E-state index in [9.17, 15) is 0 Å². The van der Waals surface area contributed by atoms with Crippen LogP contribution in [0, 0.1) is 0 Å². The molecule has 0 unspecified atom stereocenters. The number of nitrogens with zero attached hydrogens (tertiary/aromatic N) is 1. The first-order valence-electron chi connectivity index (χ1n) is 22.8. The SMILES string of the molecule is CC1(C)c2ccccc2-c2ccc(-c3cc4c(cc3N(c3ccc(-c5ccccc5)cc3)c3ccc(-c5ccccc5)cc3)C(c3ccccc3)(c3ccccc3)c3ccccc3-4)cc21. The van der Waals surface area contributed by atoms with Gasteiger partial charge in [-0.1, -0.05) is 220 Å². The third-order valence-electron chi connectivity index (χ3n) is 14.2. The Morgan fingerprint density at radius 1 is 0.277 bits per heavy atom. The highest BCUT2D eigenvalue weighted by Crippen LogP contribution is 2.59. The molecule has 1 heteroatoms. The minimum absolute atomic E-state index is 0.151. The van der Waals surface area contributed by atoms with Crippen molar-refractivity contribution >= 4 is 17.1 Å². The molecule has 0 heterocycles. The van der Waals surface area contributed by atoms with Crippen LogP contribution < -0.4 is 4.90 Å². The lowest BCUT2D eigenvalue weighted by Gasteiger charge is -2.35. The lowest BCUT2D eigenvalue weighted by molar-refractivity contribution is 0.660. The lowest BCUT2D eigenvalue weighted by atomic mass is 9.67. The summed E-state index contributed by atoms with van der Waals surface area (Å²) in [4.78, 5) is 2.50. The molecular formula is C64H47N. The van der Waals surface area contributed by atoms with E-state index in [1.165, 1.54) is 89.0 Å². The standard InChI is InChI=1S/C64H47N/c1-63(2)58-29-17-15-27-53(58)55-40-35-48(41-60(55)63)56-42-57-54-28-16-18-30-59(54)64(49-23-11-5-12-24-49,50-25-13-6-14-26-50)61(57)43-62(56)65(51-36-31-46(32-37-51)44-19-7-3-8-20-44)52-38-33-47(34-39-52)45-21-9-4-10-22-45/h3-43H,1-2H3. The van der Waals surface area contributed by atoms with Crippen LogP contribution in [0.2, 0.25) is 0 Å². The summed E-state index contributed by atoms with van der Waals surface area (Å²) < 4.78 is 0. The molecule has 65 heavy (non-hydrogen) atoms. The quantitative estimate of drug-likeness (QED) is 0.147. The molecule has 0 saturated heterocycles. The van der Waals surface area contributed by atoms with Crippen LogP contribution in [0.5, 0.6) is 0 Å². The van der Waals surface area contributed by atoms with E-state index in [1.54, 1.807) is 0 Å². The van der Waals surface area contributed by atoms with Crippen LogP contribution in [0.15, 0.2) is 249 Å². The smallest absolute Gasteiger partial charge is 0.0714 e. The summed E-state index contributed by atoms with van der Waals surface area (Å²) in [5.74, 6) is 0. The molecule has 1 nitrogen and oxygen atoms in total. The zero-order chi connectivity index (χ0) is 43.5. The highest BCUT2D eigenvalue weighted by Gasteiger charge is 2.47. The van der Waals surface area contributed by atoms with Gasteiger partial charge in [-0.3, -0.25) is 0 Å². The Labute approximate surface area is 382 Å². The third-order valence-corrected chi connectivity index (χ3v) is 14.2. The summed E-state index contributed by atoms with van der Waals surface area (Å²) in [5.41, 5.74) is 22.7. The van der Waals surface area contributed by atoms with Gasteiger partial charge >= 0.3 is 0 Å². The number of benzene rings is 10. The highest BCUT2D eigenvalue weighted by molar-refractivity contribution is 5.98. The summed E-state index contributed by atoms with van der Waals surface area (Å²) in [6, 6.07) is 92.2. The second kappa shape index (κ2) is 15.4. The molecule has 308 valence electrons. The van der Waals surface area contributed by atoms with E-state index in [0.717, 1.165) is 17.1 Å². The fourth-order valence-electron chi connectivity index (χ4n) is 11.1. The van der Waals surface area contributed by atoms with Crippen molar-refractivity contribution in [1.29, 1.82) is 0 Å². The topological polar surface area (TPSA) is 3.24 Å². The monoisotopic (exact) mass is 829 g/mol. The van der Waals surface area contributed by atoms with Gasteiger partial charge < -0.3 is 4.90 Å². The molecule has 0 N–H and O–H groups in total. The average molecular weight is 830 g/mol. The zero-order valence-electron chi connectivity index (χ0n) is 36.6. The van der Waals surface area contributed by atoms with E-state index in [1.807, 2.05) is 0 Å². The fraction of sp³-hybridized carbons (Fsp3) is 0.0625. The van der Waals surface area contributed by atoms with Gasteiger partial charge in [-0.25, -0.2) is 0 Å². The van der Waals surface area contributed by atoms with Crippen molar-refractivity contribution in [3.05, 3.63) is 282 Å². The van der Waals surface area contributed by atoms with Crippen LogP contribution in [-0.2, 0) is 10.8 Å². The summed E-state index contributed by atoms with van der Waals surface area (Å²) in [7, 11) is 0. The van der Waals surface area contributed by atoms with E-state index in [0.29, 0.717) is 0 Å². The van der Waals surface area contributed by atoms with Crippen LogP contribution in [0.25, 0.3) is 55.6 Å². The highest BCUT2D eigenvalue weighted by atomic mass is 15.1. The molecule has 0 radical (unpaired) electrons. The maximum absolute atomic E-state index is 2.54. The van der Waals surface area contributed by atoms with Crippen molar-refractivity contribution < 1.29 is 0 Å². The number of rotatable bonds is 8. The Morgan fingerprint density at radius 3 is 1.23 bits per heavy atom. The normalized spacial score (nSPS) is 13.6. The lowest BCUT2D eigenvalue weighted by Crippen LogP contribution is -2.28. The van der Waals surface area contributed by atoms with Crippen LogP contribution >= 0.6 is 0 Å². The molecule has 12 rings (SSSR count). The molecule has 0 aliphatic heterocycles. The fourth-order valence-corrected chi connectivity index (χ4v) is 11.1. The van der Waals surface area contributed by atoms with Gasteiger partial charge in [0.1, 0.15) is 0 Å². The van der Waals surface area contributed by atoms with Crippen molar-refractivity contribution in [2.75, 3.05) is 4.90 Å². The number of hydrogen-bond donors (Lipinski definition) is 0. The van der Waals surface area contributed by atoms with Crippen LogP contribution in [0.4, 0.5) is 17.1 Å². The molecule has 2 aliphatic rings. The Balaban J connectivity index is 1.16. The first-order chi connectivity index (χ1) is 32.0. The Morgan fingerprint density at radius 2 is 0.692 bits per heavy atom. The number of hydrogen-bond acceptors (Lipinski definition) is 1. The van der Waals surface area contributed by atoms with Crippen molar-refractivity contribution in [2.24, 2.45) is 0 Å². The average Bonchev–Trinajstić information content (AvgIpc) is 3.80. The third kappa shape index (κ3) is 6.15. The number of fused-ring (bicyclic) bond motifs is 6. The molecule has 0 aromatic heterocycles. The predicted octanol–water partition coefficient (Wildman–Crippen LogP) is 16.8. The summed E-state index contributed by atoms with van der Waals surface area (Å²) >= 11 is 0. The van der Waals surface area contributed by atoms with Gasteiger partial charge in [0.15, 0.2) is 0 Å². The van der Waals surface area contributed by atoms with Gasteiger partial charge in [0.2, 0.25) is 0 Å². The van der Waals surface area contributed by atoms with Gasteiger partial charge in [0.25, 0.3) is 0 Å². The van der Waals surface area contributed by atoms with Gasteiger partial charge in [-0.05, 0) is 126 Å². The molecular weight excluding hydrogens is 783 g/mol. The van der Waals surface area contributed by atoms with Crippen LogP contribution in [-0.4, -0.2) is 0 Å². The van der Waals surface area contributed by atoms with Gasteiger partial charge in [0, 0.05) is 22.4 Å². The van der Waals surface area contributed by atoms with Crippen molar-refractivity contribution in [3.63, 3.8) is 0 Å². The summed E-state index contributed by atoms with van der Waals surface area (Å²) in [5, 5.41) is 0. The van der Waals surface area contributed by atoms with Gasteiger partial charge in [-0.2, -0.15) is 0 Å². The molecule has 0 spiro atoms. The molecule has 2 aliphatic carbocycles. The Bertz CT molecular complexity index is 3230. The molecule has 0 atom stereocenters. The van der Waals surface area contributed by atoms with Gasteiger partial charge in [0.05, 0.1) is 11.1 Å². The van der Waals surface area contributed by atoms with Crippen molar-refractivity contribution in [3.8, 4) is 55.6 Å². The minimum Gasteiger partial charge on any atom is -0.310 e. The Hall–Kier alpha value is -8.00. The maximum Gasteiger partial charge on any atom is 0.0714 e. The zero-order valence-corrected chi connectivity index (χ0v) is 36.6. The second-order valence-electron chi connectivity index (χ2n) is 18.0. The molecule has 10 aromatic rings. The first kappa shape index (κ1) is 38.7. The van der Waals surface area contributed by atoms with E-state index in [2.05, 4.69) is 267 Å². The van der Waals surface area contributed by atoms with Gasteiger partial charge in [-0.15, -0.1) is 0 Å². The van der Waals surface area contributed by atoms with E-state index in [4.69, 9.17) is 0 Å².